The fraction of sp³-hybridized carbons (Fsp3) is 1.00. The SMILES string of the molecule is CCC(C)(C)C1OCCC1CCl. The highest BCUT2D eigenvalue weighted by atomic mass is 35.5. The summed E-state index contributed by atoms with van der Waals surface area (Å²) in [6.07, 6.45) is 2.67. The van der Waals surface area contributed by atoms with Gasteiger partial charge in [0, 0.05) is 18.4 Å². The fourth-order valence-corrected chi connectivity index (χ4v) is 2.17. The van der Waals surface area contributed by atoms with Crippen molar-refractivity contribution in [1.29, 1.82) is 0 Å². The predicted molar refractivity (Wildman–Crippen MR) is 52.6 cm³/mol. The Morgan fingerprint density at radius 2 is 2.17 bits per heavy atom. The number of rotatable bonds is 3. The number of ether oxygens (including phenoxy) is 1. The van der Waals surface area contributed by atoms with E-state index < -0.39 is 0 Å². The molecule has 1 aliphatic rings. The van der Waals surface area contributed by atoms with Crippen molar-refractivity contribution >= 4 is 11.6 Å². The molecule has 0 aliphatic carbocycles. The number of alkyl halides is 1. The average Bonchev–Trinajstić information content (AvgIpc) is 2.52. The summed E-state index contributed by atoms with van der Waals surface area (Å²) in [6, 6.07) is 0. The number of hydrogen-bond donors (Lipinski definition) is 0. The van der Waals surface area contributed by atoms with Crippen LogP contribution in [0.5, 0.6) is 0 Å². The van der Waals surface area contributed by atoms with Crippen LogP contribution in [0.2, 0.25) is 0 Å². The van der Waals surface area contributed by atoms with Crippen LogP contribution in [0.15, 0.2) is 0 Å². The first-order valence-electron chi connectivity index (χ1n) is 4.79. The van der Waals surface area contributed by atoms with Crippen molar-refractivity contribution in [2.24, 2.45) is 11.3 Å². The Morgan fingerprint density at radius 1 is 1.50 bits per heavy atom. The zero-order chi connectivity index (χ0) is 9.19. The Balaban J connectivity index is 2.60. The topological polar surface area (TPSA) is 9.23 Å². The van der Waals surface area contributed by atoms with Gasteiger partial charge >= 0.3 is 0 Å². The summed E-state index contributed by atoms with van der Waals surface area (Å²) in [7, 11) is 0. The van der Waals surface area contributed by atoms with E-state index in [4.69, 9.17) is 16.3 Å². The van der Waals surface area contributed by atoms with Gasteiger partial charge in [0.1, 0.15) is 0 Å². The van der Waals surface area contributed by atoms with E-state index in [0.717, 1.165) is 25.3 Å². The summed E-state index contributed by atoms with van der Waals surface area (Å²) in [5.41, 5.74) is 0.288. The quantitative estimate of drug-likeness (QED) is 0.622. The maximum Gasteiger partial charge on any atom is 0.0666 e. The molecule has 2 atom stereocenters. The first kappa shape index (κ1) is 10.3. The molecule has 2 unspecified atom stereocenters. The van der Waals surface area contributed by atoms with Crippen molar-refractivity contribution < 1.29 is 4.74 Å². The highest BCUT2D eigenvalue weighted by Crippen LogP contribution is 2.37. The normalized spacial score (nSPS) is 31.0. The molecule has 1 saturated heterocycles. The van der Waals surface area contributed by atoms with Gasteiger partial charge in [-0.2, -0.15) is 0 Å². The molecule has 0 aromatic carbocycles. The zero-order valence-corrected chi connectivity index (χ0v) is 9.03. The van der Waals surface area contributed by atoms with Crippen LogP contribution in [-0.2, 0) is 4.74 Å². The minimum atomic E-state index is 0.288. The van der Waals surface area contributed by atoms with E-state index in [1.165, 1.54) is 0 Å². The predicted octanol–water partition coefficient (Wildman–Crippen LogP) is 3.07. The molecular weight excluding hydrogens is 172 g/mol. The minimum Gasteiger partial charge on any atom is -0.377 e. The van der Waals surface area contributed by atoms with Crippen LogP contribution in [-0.4, -0.2) is 18.6 Å². The molecule has 0 saturated carbocycles. The van der Waals surface area contributed by atoms with Gasteiger partial charge in [0.15, 0.2) is 0 Å². The fourth-order valence-electron chi connectivity index (χ4n) is 1.86. The van der Waals surface area contributed by atoms with E-state index in [1.54, 1.807) is 0 Å². The lowest BCUT2D eigenvalue weighted by molar-refractivity contribution is -0.000458. The Kier molecular flexibility index (Phi) is 3.42. The van der Waals surface area contributed by atoms with Gasteiger partial charge in [0.2, 0.25) is 0 Å². The summed E-state index contributed by atoms with van der Waals surface area (Å²) >= 11 is 5.89. The minimum absolute atomic E-state index is 0.288. The summed E-state index contributed by atoms with van der Waals surface area (Å²) < 4.78 is 5.73. The van der Waals surface area contributed by atoms with Crippen molar-refractivity contribution in [1.82, 2.24) is 0 Å². The van der Waals surface area contributed by atoms with Crippen LogP contribution in [0.3, 0.4) is 0 Å². The van der Waals surface area contributed by atoms with Gasteiger partial charge in [-0.25, -0.2) is 0 Å². The molecule has 0 amide bonds. The highest BCUT2D eigenvalue weighted by Gasteiger charge is 2.38. The first-order valence-corrected chi connectivity index (χ1v) is 5.33. The molecule has 1 nitrogen and oxygen atoms in total. The molecule has 0 N–H and O–H groups in total. The molecule has 2 heteroatoms. The average molecular weight is 191 g/mol. The molecule has 72 valence electrons. The summed E-state index contributed by atoms with van der Waals surface area (Å²) in [6.45, 7) is 7.64. The summed E-state index contributed by atoms with van der Waals surface area (Å²) in [5.74, 6) is 1.32. The van der Waals surface area contributed by atoms with Crippen molar-refractivity contribution in [2.75, 3.05) is 12.5 Å². The van der Waals surface area contributed by atoms with Crippen molar-refractivity contribution in [3.8, 4) is 0 Å². The lowest BCUT2D eigenvalue weighted by atomic mass is 9.78. The summed E-state index contributed by atoms with van der Waals surface area (Å²) in [5, 5.41) is 0. The van der Waals surface area contributed by atoms with E-state index in [-0.39, 0.29) is 5.41 Å². The lowest BCUT2D eigenvalue weighted by Crippen LogP contribution is -2.34. The number of hydrogen-bond acceptors (Lipinski definition) is 1. The molecule has 1 rings (SSSR count). The Hall–Kier alpha value is 0.250. The third kappa shape index (κ3) is 1.94. The molecule has 1 aliphatic heterocycles. The number of halogens is 1. The van der Waals surface area contributed by atoms with Gasteiger partial charge in [0.25, 0.3) is 0 Å². The smallest absolute Gasteiger partial charge is 0.0666 e. The van der Waals surface area contributed by atoms with Crippen molar-refractivity contribution in [3.05, 3.63) is 0 Å². The van der Waals surface area contributed by atoms with Crippen LogP contribution < -0.4 is 0 Å². The zero-order valence-electron chi connectivity index (χ0n) is 8.27. The second-order valence-corrected chi connectivity index (χ2v) is 4.65. The second-order valence-electron chi connectivity index (χ2n) is 4.34. The molecular formula is C10H19ClO. The monoisotopic (exact) mass is 190 g/mol. The van der Waals surface area contributed by atoms with Crippen molar-refractivity contribution in [3.63, 3.8) is 0 Å². The molecule has 0 spiro atoms. The van der Waals surface area contributed by atoms with Crippen LogP contribution in [0.25, 0.3) is 0 Å². The molecule has 1 fully saturated rings. The van der Waals surface area contributed by atoms with Gasteiger partial charge in [-0.15, -0.1) is 11.6 Å². The second kappa shape index (κ2) is 3.97. The molecule has 1 heterocycles. The van der Waals surface area contributed by atoms with Crippen LogP contribution >= 0.6 is 11.6 Å². The van der Waals surface area contributed by atoms with Gasteiger partial charge in [-0.05, 0) is 18.3 Å². The van der Waals surface area contributed by atoms with Crippen molar-refractivity contribution in [2.45, 2.75) is 39.7 Å². The van der Waals surface area contributed by atoms with Crippen LogP contribution in [0, 0.1) is 11.3 Å². The van der Waals surface area contributed by atoms with Crippen LogP contribution in [0.4, 0.5) is 0 Å². The van der Waals surface area contributed by atoms with E-state index in [2.05, 4.69) is 20.8 Å². The van der Waals surface area contributed by atoms with Gasteiger partial charge < -0.3 is 4.74 Å². The van der Waals surface area contributed by atoms with Crippen LogP contribution in [0.1, 0.15) is 33.6 Å². The lowest BCUT2D eigenvalue weighted by Gasteiger charge is -2.33. The highest BCUT2D eigenvalue weighted by molar-refractivity contribution is 6.18. The van der Waals surface area contributed by atoms with Gasteiger partial charge in [-0.1, -0.05) is 20.8 Å². The Labute approximate surface area is 80.4 Å². The third-order valence-electron chi connectivity index (χ3n) is 3.09. The standard InChI is InChI=1S/C10H19ClO/c1-4-10(2,3)9-8(7-11)5-6-12-9/h8-9H,4-7H2,1-3H3. The van der Waals surface area contributed by atoms with Gasteiger partial charge in [-0.3, -0.25) is 0 Å². The molecule has 0 radical (unpaired) electrons. The Morgan fingerprint density at radius 3 is 2.67 bits per heavy atom. The largest absolute Gasteiger partial charge is 0.377 e. The van der Waals surface area contributed by atoms with E-state index in [1.807, 2.05) is 0 Å². The molecule has 0 bridgehead atoms. The maximum atomic E-state index is 5.89. The molecule has 12 heavy (non-hydrogen) atoms. The van der Waals surface area contributed by atoms with Gasteiger partial charge in [0.05, 0.1) is 6.10 Å². The Bertz CT molecular complexity index is 145. The summed E-state index contributed by atoms with van der Waals surface area (Å²) in [4.78, 5) is 0. The van der Waals surface area contributed by atoms with E-state index in [0.29, 0.717) is 12.0 Å². The van der Waals surface area contributed by atoms with E-state index >= 15 is 0 Å². The molecule has 0 aromatic heterocycles. The maximum absolute atomic E-state index is 5.89. The third-order valence-corrected chi connectivity index (χ3v) is 3.49. The van der Waals surface area contributed by atoms with E-state index in [9.17, 15) is 0 Å². The molecule has 0 aromatic rings. The first-order chi connectivity index (χ1) is 5.61.